The normalized spacial score (nSPS) is 24.9. The van der Waals surface area contributed by atoms with E-state index in [0.717, 1.165) is 0 Å². The molecule has 1 heterocycles. The van der Waals surface area contributed by atoms with Gasteiger partial charge in [-0.1, -0.05) is 0 Å². The average molecular weight is 288 g/mol. The maximum atomic E-state index is 12.1. The number of aliphatic hydroxyl groups is 1. The topological polar surface area (TPSA) is 111 Å². The Kier molecular flexibility index (Phi) is 4.38. The summed E-state index contributed by atoms with van der Waals surface area (Å²) in [6, 6.07) is 5.05. The van der Waals surface area contributed by atoms with Gasteiger partial charge in [0, 0.05) is 5.69 Å². The molecule has 0 aliphatic carbocycles. The highest BCUT2D eigenvalue weighted by atomic mass is 32.2. The first-order valence-corrected chi connectivity index (χ1v) is 7.19. The second-order valence-electron chi connectivity index (χ2n) is 4.22. The van der Waals surface area contributed by atoms with E-state index in [1.54, 1.807) is 0 Å². The molecule has 0 spiro atoms. The number of nitrogens with two attached hydrogens (primary N) is 1. The van der Waals surface area contributed by atoms with Gasteiger partial charge >= 0.3 is 0 Å². The number of ether oxygens (including phenoxy) is 2. The molecule has 2 rings (SSSR count). The molecule has 1 aliphatic heterocycles. The summed E-state index contributed by atoms with van der Waals surface area (Å²) in [6.07, 6.45) is -0.953. The van der Waals surface area contributed by atoms with Crippen LogP contribution in [0.2, 0.25) is 0 Å². The van der Waals surface area contributed by atoms with E-state index >= 15 is 0 Å². The van der Waals surface area contributed by atoms with E-state index in [0.29, 0.717) is 5.69 Å². The number of hydrogen-bond donors (Lipinski definition) is 3. The molecule has 8 heteroatoms. The molecule has 1 fully saturated rings. The summed E-state index contributed by atoms with van der Waals surface area (Å²) in [5.41, 5.74) is 5.98. The zero-order valence-corrected chi connectivity index (χ0v) is 11.0. The van der Waals surface area contributed by atoms with Crippen molar-refractivity contribution < 1.29 is 23.0 Å². The molecule has 1 saturated heterocycles. The summed E-state index contributed by atoms with van der Waals surface area (Å²) in [6.45, 7) is 0.113. The van der Waals surface area contributed by atoms with Gasteiger partial charge in [0.25, 0.3) is 0 Å². The van der Waals surface area contributed by atoms with Gasteiger partial charge in [0.15, 0.2) is 0 Å². The standard InChI is InChI=1S/C11H16N2O5S/c12-8-1-3-9(4-2-8)19(15,16)13-10-5-17-7-18-6-11(10)14/h1-4,10-11,13-14H,5-7,12H2/t10-,11+/m0/s1. The number of nitrogen functional groups attached to an aromatic ring is 1. The number of sulfonamides is 1. The Balaban J connectivity index is 2.13. The molecule has 2 atom stereocenters. The van der Waals surface area contributed by atoms with Crippen molar-refractivity contribution in [1.29, 1.82) is 0 Å². The number of nitrogens with one attached hydrogen (secondary N) is 1. The molecule has 0 radical (unpaired) electrons. The van der Waals surface area contributed by atoms with Crippen molar-refractivity contribution in [3.63, 3.8) is 0 Å². The van der Waals surface area contributed by atoms with Crippen LogP contribution in [0.15, 0.2) is 29.2 Å². The van der Waals surface area contributed by atoms with E-state index in [-0.39, 0.29) is 24.9 Å². The molecule has 0 amide bonds. The smallest absolute Gasteiger partial charge is 0.240 e. The lowest BCUT2D eigenvalue weighted by Crippen LogP contribution is -2.46. The summed E-state index contributed by atoms with van der Waals surface area (Å²) in [5.74, 6) is 0. The molecule has 106 valence electrons. The van der Waals surface area contributed by atoms with Crippen LogP contribution in [0.4, 0.5) is 5.69 Å². The first-order chi connectivity index (χ1) is 8.99. The number of benzene rings is 1. The van der Waals surface area contributed by atoms with Crippen LogP contribution in [0, 0.1) is 0 Å². The van der Waals surface area contributed by atoms with Gasteiger partial charge in [0.2, 0.25) is 10.0 Å². The zero-order chi connectivity index (χ0) is 13.9. The number of aliphatic hydroxyl groups excluding tert-OH is 1. The third-order valence-corrected chi connectivity index (χ3v) is 4.22. The van der Waals surface area contributed by atoms with Crippen LogP contribution in [0.3, 0.4) is 0 Å². The lowest BCUT2D eigenvalue weighted by molar-refractivity contribution is -0.0421. The molecule has 1 aliphatic rings. The van der Waals surface area contributed by atoms with Crippen molar-refractivity contribution in [3.8, 4) is 0 Å². The van der Waals surface area contributed by atoms with Crippen molar-refractivity contribution in [2.24, 2.45) is 0 Å². The van der Waals surface area contributed by atoms with Crippen LogP contribution in [0.5, 0.6) is 0 Å². The SMILES string of the molecule is Nc1ccc(S(=O)(=O)N[C@H]2COCOC[C@H]2O)cc1. The van der Waals surface area contributed by atoms with Crippen LogP contribution in [0.1, 0.15) is 0 Å². The first kappa shape index (κ1) is 14.2. The molecular weight excluding hydrogens is 272 g/mol. The van der Waals surface area contributed by atoms with E-state index in [1.807, 2.05) is 0 Å². The minimum absolute atomic E-state index is 0.0227. The largest absolute Gasteiger partial charge is 0.399 e. The van der Waals surface area contributed by atoms with Crippen LogP contribution in [-0.2, 0) is 19.5 Å². The minimum atomic E-state index is -3.73. The summed E-state index contributed by atoms with van der Waals surface area (Å²) < 4.78 is 36.6. The van der Waals surface area contributed by atoms with Crippen molar-refractivity contribution in [3.05, 3.63) is 24.3 Å². The number of rotatable bonds is 3. The van der Waals surface area contributed by atoms with Gasteiger partial charge in [-0.05, 0) is 24.3 Å². The first-order valence-electron chi connectivity index (χ1n) is 5.70. The monoisotopic (exact) mass is 288 g/mol. The van der Waals surface area contributed by atoms with E-state index in [9.17, 15) is 13.5 Å². The number of anilines is 1. The maximum Gasteiger partial charge on any atom is 0.240 e. The van der Waals surface area contributed by atoms with Gasteiger partial charge in [0.05, 0.1) is 30.3 Å². The Labute approximate surface area is 111 Å². The molecule has 1 aromatic rings. The van der Waals surface area contributed by atoms with Gasteiger partial charge in [0.1, 0.15) is 6.79 Å². The van der Waals surface area contributed by atoms with E-state index in [1.165, 1.54) is 24.3 Å². The van der Waals surface area contributed by atoms with Gasteiger partial charge < -0.3 is 20.3 Å². The highest BCUT2D eigenvalue weighted by Gasteiger charge is 2.28. The van der Waals surface area contributed by atoms with Crippen LogP contribution >= 0.6 is 0 Å². The van der Waals surface area contributed by atoms with Crippen molar-refractivity contribution in [2.45, 2.75) is 17.0 Å². The quantitative estimate of drug-likeness (QED) is 0.633. The maximum absolute atomic E-state index is 12.1. The van der Waals surface area contributed by atoms with Gasteiger partial charge in [-0.3, -0.25) is 0 Å². The summed E-state index contributed by atoms with van der Waals surface area (Å²) >= 11 is 0. The molecule has 1 aromatic carbocycles. The second-order valence-corrected chi connectivity index (χ2v) is 5.94. The molecule has 0 bridgehead atoms. The van der Waals surface area contributed by atoms with Gasteiger partial charge in [-0.2, -0.15) is 0 Å². The molecular formula is C11H16N2O5S. The fraction of sp³-hybridized carbons (Fsp3) is 0.455. The van der Waals surface area contributed by atoms with E-state index < -0.39 is 22.2 Å². The highest BCUT2D eigenvalue weighted by Crippen LogP contribution is 2.13. The zero-order valence-electron chi connectivity index (χ0n) is 10.2. The average Bonchev–Trinajstić information content (AvgIpc) is 2.55. The third kappa shape index (κ3) is 3.64. The predicted molar refractivity (Wildman–Crippen MR) is 67.7 cm³/mol. The third-order valence-electron chi connectivity index (χ3n) is 2.71. The predicted octanol–water partition coefficient (Wildman–Crippen LogP) is -0.719. The Morgan fingerprint density at radius 1 is 1.21 bits per heavy atom. The van der Waals surface area contributed by atoms with E-state index in [2.05, 4.69) is 4.72 Å². The Hall–Kier alpha value is -1.19. The molecule has 7 nitrogen and oxygen atoms in total. The van der Waals surface area contributed by atoms with Crippen LogP contribution < -0.4 is 10.5 Å². The van der Waals surface area contributed by atoms with Crippen molar-refractivity contribution in [1.82, 2.24) is 4.72 Å². The van der Waals surface area contributed by atoms with Crippen molar-refractivity contribution in [2.75, 3.05) is 25.7 Å². The van der Waals surface area contributed by atoms with Crippen molar-refractivity contribution >= 4 is 15.7 Å². The minimum Gasteiger partial charge on any atom is -0.399 e. The summed E-state index contributed by atoms with van der Waals surface area (Å²) in [5, 5.41) is 9.75. The molecule has 0 saturated carbocycles. The summed E-state index contributed by atoms with van der Waals surface area (Å²) in [7, 11) is -3.73. The van der Waals surface area contributed by atoms with Gasteiger partial charge in [-0.15, -0.1) is 0 Å². The fourth-order valence-corrected chi connectivity index (χ4v) is 2.91. The lowest BCUT2D eigenvalue weighted by Gasteiger charge is -2.20. The molecule has 4 N–H and O–H groups in total. The number of hydrogen-bond acceptors (Lipinski definition) is 6. The highest BCUT2D eigenvalue weighted by molar-refractivity contribution is 7.89. The van der Waals surface area contributed by atoms with Crippen LogP contribution in [0.25, 0.3) is 0 Å². The molecule has 19 heavy (non-hydrogen) atoms. The second kappa shape index (κ2) is 5.85. The lowest BCUT2D eigenvalue weighted by atomic mass is 10.2. The van der Waals surface area contributed by atoms with Crippen LogP contribution in [-0.4, -0.2) is 45.7 Å². The fourth-order valence-electron chi connectivity index (χ4n) is 1.66. The Morgan fingerprint density at radius 3 is 2.53 bits per heavy atom. The Bertz CT molecular complexity index is 516. The summed E-state index contributed by atoms with van der Waals surface area (Å²) in [4.78, 5) is 0.0825. The molecule has 0 unspecified atom stereocenters. The molecule has 0 aromatic heterocycles. The van der Waals surface area contributed by atoms with E-state index in [4.69, 9.17) is 15.2 Å². The van der Waals surface area contributed by atoms with Gasteiger partial charge in [-0.25, -0.2) is 13.1 Å². The Morgan fingerprint density at radius 2 is 1.84 bits per heavy atom.